The molecule has 1 atom stereocenters. The summed E-state index contributed by atoms with van der Waals surface area (Å²) in [6.07, 6.45) is -2.50. The Morgan fingerprint density at radius 2 is 2.10 bits per heavy atom. The van der Waals surface area contributed by atoms with E-state index >= 15 is 0 Å². The molecular formula is C21H23F3N4O3. The van der Waals surface area contributed by atoms with Crippen LogP contribution in [0.5, 0.6) is 0 Å². The van der Waals surface area contributed by atoms with Gasteiger partial charge >= 0.3 is 6.18 Å². The molecule has 0 radical (unpaired) electrons. The number of aromatic nitrogens is 2. The third-order valence-corrected chi connectivity index (χ3v) is 5.29. The van der Waals surface area contributed by atoms with Crippen LogP contribution in [0.1, 0.15) is 62.6 Å². The maximum Gasteiger partial charge on any atom is 0.389 e. The molecule has 10 heteroatoms. The van der Waals surface area contributed by atoms with E-state index in [0.717, 1.165) is 0 Å². The number of amides is 2. The summed E-state index contributed by atoms with van der Waals surface area (Å²) in [5.41, 5.74) is 2.70. The summed E-state index contributed by atoms with van der Waals surface area (Å²) >= 11 is 0. The molecule has 0 saturated heterocycles. The predicted molar refractivity (Wildman–Crippen MR) is 105 cm³/mol. The van der Waals surface area contributed by atoms with E-state index in [1.165, 1.54) is 12.4 Å². The molecule has 7 nitrogen and oxygen atoms in total. The van der Waals surface area contributed by atoms with Gasteiger partial charge in [0.1, 0.15) is 5.69 Å². The molecule has 1 aliphatic heterocycles. The van der Waals surface area contributed by atoms with Crippen molar-refractivity contribution >= 4 is 11.8 Å². The number of nitrogens with zero attached hydrogens (tertiary/aromatic N) is 3. The van der Waals surface area contributed by atoms with Gasteiger partial charge in [0.15, 0.2) is 0 Å². The quantitative estimate of drug-likeness (QED) is 0.696. The van der Waals surface area contributed by atoms with Gasteiger partial charge in [-0.1, -0.05) is 6.07 Å². The first-order chi connectivity index (χ1) is 14.6. The van der Waals surface area contributed by atoms with Crippen LogP contribution in [-0.4, -0.2) is 51.1 Å². The highest BCUT2D eigenvalue weighted by Crippen LogP contribution is 2.33. The molecular weight excluding hydrogens is 413 g/mol. The van der Waals surface area contributed by atoms with Gasteiger partial charge in [-0.3, -0.25) is 19.6 Å². The molecule has 166 valence electrons. The third-order valence-electron chi connectivity index (χ3n) is 5.29. The van der Waals surface area contributed by atoms with Gasteiger partial charge in [-0.05, 0) is 37.5 Å². The molecule has 1 aliphatic rings. The summed E-state index contributed by atoms with van der Waals surface area (Å²) < 4.78 is 37.5. The van der Waals surface area contributed by atoms with Gasteiger partial charge in [0, 0.05) is 48.7 Å². The van der Waals surface area contributed by atoms with Crippen LogP contribution in [0.15, 0.2) is 24.5 Å². The molecule has 31 heavy (non-hydrogen) atoms. The van der Waals surface area contributed by atoms with E-state index in [1.807, 2.05) is 0 Å². The zero-order valence-electron chi connectivity index (χ0n) is 17.2. The molecule has 0 bridgehead atoms. The van der Waals surface area contributed by atoms with Gasteiger partial charge in [-0.2, -0.15) is 13.2 Å². The molecule has 0 aromatic carbocycles. The Kier molecular flexibility index (Phi) is 6.59. The summed E-state index contributed by atoms with van der Waals surface area (Å²) in [5, 5.41) is 11.4. The maximum atomic E-state index is 12.9. The Hall–Kier alpha value is -3.01. The van der Waals surface area contributed by atoms with Crippen LogP contribution < -0.4 is 5.32 Å². The Morgan fingerprint density at radius 3 is 2.74 bits per heavy atom. The monoisotopic (exact) mass is 436 g/mol. The highest BCUT2D eigenvalue weighted by Gasteiger charge is 2.35. The minimum Gasteiger partial charge on any atom is -0.395 e. The number of carbonyl (C=O) groups excluding carboxylic acids is 2. The lowest BCUT2D eigenvalue weighted by atomic mass is 10.0. The van der Waals surface area contributed by atoms with Crippen LogP contribution in [0.4, 0.5) is 13.2 Å². The lowest BCUT2D eigenvalue weighted by molar-refractivity contribution is -0.134. The van der Waals surface area contributed by atoms with Gasteiger partial charge in [0.2, 0.25) is 0 Å². The van der Waals surface area contributed by atoms with Crippen LogP contribution in [0.3, 0.4) is 0 Å². The number of aryl methyl sites for hydroxylation is 2. The number of hydrogen-bond acceptors (Lipinski definition) is 5. The fourth-order valence-corrected chi connectivity index (χ4v) is 3.57. The van der Waals surface area contributed by atoms with Gasteiger partial charge in [0.05, 0.1) is 12.6 Å². The van der Waals surface area contributed by atoms with E-state index in [2.05, 4.69) is 15.3 Å². The Bertz CT molecular complexity index is 994. The zero-order chi connectivity index (χ0) is 22.8. The number of alkyl halides is 3. The van der Waals surface area contributed by atoms with Crippen molar-refractivity contribution in [2.24, 2.45) is 0 Å². The van der Waals surface area contributed by atoms with Crippen LogP contribution in [-0.2, 0) is 13.0 Å². The zero-order valence-corrected chi connectivity index (χ0v) is 17.2. The van der Waals surface area contributed by atoms with Gasteiger partial charge in [-0.15, -0.1) is 0 Å². The standard InChI is InChI=1S/C21H23F3N4O3/c1-12-9-14(10-27-17(12)3-5-21(22,23)24)13(2)28-11-16-15(20(28)31)4-6-25-18(16)19(30)26-7-8-29/h4,6,9-10,13,29H,3,5,7-8,11H2,1-2H3,(H,26,30). The molecule has 2 aromatic rings. The van der Waals surface area contributed by atoms with E-state index in [4.69, 9.17) is 5.11 Å². The number of aliphatic hydroxyl groups excluding tert-OH is 1. The first-order valence-electron chi connectivity index (χ1n) is 9.82. The minimum atomic E-state index is -4.25. The van der Waals surface area contributed by atoms with Gasteiger partial charge < -0.3 is 15.3 Å². The Labute approximate surface area is 177 Å². The molecule has 1 unspecified atom stereocenters. The number of nitrogens with one attached hydrogen (secondary N) is 1. The van der Waals surface area contributed by atoms with Crippen LogP contribution in [0.25, 0.3) is 0 Å². The lowest BCUT2D eigenvalue weighted by Gasteiger charge is -2.25. The molecule has 3 rings (SSSR count). The summed E-state index contributed by atoms with van der Waals surface area (Å²) in [6, 6.07) is 2.89. The van der Waals surface area contributed by atoms with Crippen molar-refractivity contribution in [3.05, 3.63) is 58.2 Å². The fourth-order valence-electron chi connectivity index (χ4n) is 3.57. The SMILES string of the molecule is Cc1cc(C(C)N2Cc3c(ccnc3C(=O)NCCO)C2=O)cnc1CCC(F)(F)F. The number of aliphatic hydroxyl groups is 1. The van der Waals surface area contributed by atoms with Crippen molar-refractivity contribution in [3.8, 4) is 0 Å². The maximum absolute atomic E-state index is 12.9. The van der Waals surface area contributed by atoms with Gasteiger partial charge in [0.25, 0.3) is 11.8 Å². The molecule has 0 fully saturated rings. The molecule has 0 spiro atoms. The van der Waals surface area contributed by atoms with E-state index < -0.39 is 24.5 Å². The van der Waals surface area contributed by atoms with E-state index in [-0.39, 0.29) is 37.7 Å². The minimum absolute atomic E-state index is 0.0733. The summed E-state index contributed by atoms with van der Waals surface area (Å²) in [7, 11) is 0. The van der Waals surface area contributed by atoms with E-state index in [9.17, 15) is 22.8 Å². The second-order valence-electron chi connectivity index (χ2n) is 7.42. The van der Waals surface area contributed by atoms with Gasteiger partial charge in [-0.25, -0.2) is 0 Å². The van der Waals surface area contributed by atoms with Crippen molar-refractivity contribution < 1.29 is 27.9 Å². The number of halogens is 3. The fraction of sp³-hybridized carbons (Fsp3) is 0.429. The number of fused-ring (bicyclic) bond motifs is 1. The summed E-state index contributed by atoms with van der Waals surface area (Å²) in [4.78, 5) is 35.1. The molecule has 2 amide bonds. The third kappa shape index (κ3) is 5.01. The van der Waals surface area contributed by atoms with Crippen molar-refractivity contribution in [2.45, 2.75) is 45.5 Å². The summed E-state index contributed by atoms with van der Waals surface area (Å²) in [6.45, 7) is 3.52. The molecule has 3 heterocycles. The van der Waals surface area contributed by atoms with Crippen LogP contribution >= 0.6 is 0 Å². The lowest BCUT2D eigenvalue weighted by Crippen LogP contribution is -2.29. The average Bonchev–Trinajstić information content (AvgIpc) is 3.06. The summed E-state index contributed by atoms with van der Waals surface area (Å²) in [5.74, 6) is -0.736. The first kappa shape index (κ1) is 22.7. The van der Waals surface area contributed by atoms with E-state index in [1.54, 1.807) is 30.9 Å². The first-order valence-corrected chi connectivity index (χ1v) is 9.82. The number of pyridine rings is 2. The highest BCUT2D eigenvalue weighted by molar-refractivity contribution is 6.03. The number of carbonyl (C=O) groups is 2. The largest absolute Gasteiger partial charge is 0.395 e. The molecule has 2 aromatic heterocycles. The number of hydrogen-bond donors (Lipinski definition) is 2. The predicted octanol–water partition coefficient (Wildman–Crippen LogP) is 2.72. The average molecular weight is 436 g/mol. The number of rotatable bonds is 7. The second kappa shape index (κ2) is 9.01. The van der Waals surface area contributed by atoms with Crippen molar-refractivity contribution in [3.63, 3.8) is 0 Å². The van der Waals surface area contributed by atoms with Crippen molar-refractivity contribution in [1.82, 2.24) is 20.2 Å². The normalized spacial score (nSPS) is 14.5. The van der Waals surface area contributed by atoms with Crippen LogP contribution in [0, 0.1) is 6.92 Å². The van der Waals surface area contributed by atoms with E-state index in [0.29, 0.717) is 27.9 Å². The topological polar surface area (TPSA) is 95.4 Å². The molecule has 2 N–H and O–H groups in total. The molecule has 0 saturated carbocycles. The smallest absolute Gasteiger partial charge is 0.389 e. The molecule has 0 aliphatic carbocycles. The van der Waals surface area contributed by atoms with Crippen molar-refractivity contribution in [1.29, 1.82) is 0 Å². The van der Waals surface area contributed by atoms with Crippen LogP contribution in [0.2, 0.25) is 0 Å². The van der Waals surface area contributed by atoms with Crippen molar-refractivity contribution in [2.75, 3.05) is 13.2 Å². The Morgan fingerprint density at radius 1 is 1.35 bits per heavy atom. The Balaban J connectivity index is 1.80. The highest BCUT2D eigenvalue weighted by atomic mass is 19.4. The second-order valence-corrected chi connectivity index (χ2v) is 7.42.